The van der Waals surface area contributed by atoms with Crippen molar-refractivity contribution in [1.29, 1.82) is 0 Å². The maximum Gasteiger partial charge on any atom is 0.367 e. The van der Waals surface area contributed by atoms with Crippen LogP contribution >= 0.6 is 0 Å². The normalized spacial score (nSPS) is 11.1. The van der Waals surface area contributed by atoms with Crippen LogP contribution in [0.2, 0.25) is 0 Å². The highest BCUT2D eigenvalue weighted by Gasteiger charge is 2.09. The van der Waals surface area contributed by atoms with Crippen molar-refractivity contribution in [3.8, 4) is 0 Å². The van der Waals surface area contributed by atoms with E-state index in [0.717, 1.165) is 5.39 Å². The van der Waals surface area contributed by atoms with E-state index in [4.69, 9.17) is 4.42 Å². The monoisotopic (exact) mass is 213 g/mol. The molecule has 0 bridgehead atoms. The van der Waals surface area contributed by atoms with Crippen molar-refractivity contribution in [2.24, 2.45) is 0 Å². The second-order valence-electron chi connectivity index (χ2n) is 3.43. The van der Waals surface area contributed by atoms with Crippen molar-refractivity contribution in [3.05, 3.63) is 40.6 Å². The number of nitrogens with zero attached hydrogens (tertiary/aromatic N) is 3. The fourth-order valence-electron chi connectivity index (χ4n) is 1.65. The number of aromatic nitrogens is 3. The summed E-state index contributed by atoms with van der Waals surface area (Å²) in [5.74, 6) is 0.329. The Bertz CT molecular complexity index is 749. The largest absolute Gasteiger partial charge is 0.407 e. The van der Waals surface area contributed by atoms with E-state index in [1.54, 1.807) is 6.92 Å². The first-order chi connectivity index (χ1) is 7.75. The topological polar surface area (TPSA) is 68.9 Å². The zero-order valence-corrected chi connectivity index (χ0v) is 8.47. The fraction of sp³-hybridized carbons (Fsp3) is 0.0909. The second-order valence-corrected chi connectivity index (χ2v) is 3.43. The van der Waals surface area contributed by atoms with Crippen LogP contribution in [0.3, 0.4) is 0 Å². The summed E-state index contributed by atoms with van der Waals surface area (Å²) in [5, 5.41) is 8.59. The van der Waals surface area contributed by atoms with Crippen molar-refractivity contribution in [3.63, 3.8) is 0 Å². The highest BCUT2D eigenvalue weighted by atomic mass is 16.4. The minimum absolute atomic E-state index is 0.171. The highest BCUT2D eigenvalue weighted by Crippen LogP contribution is 2.17. The first-order valence-corrected chi connectivity index (χ1v) is 4.78. The molecule has 0 fully saturated rings. The quantitative estimate of drug-likeness (QED) is 0.528. The van der Waals surface area contributed by atoms with E-state index in [1.165, 1.54) is 0 Å². The van der Waals surface area contributed by atoms with Crippen molar-refractivity contribution >= 4 is 21.9 Å². The highest BCUT2D eigenvalue weighted by molar-refractivity contribution is 6.00. The lowest BCUT2D eigenvalue weighted by Gasteiger charge is -1.99. The molecule has 0 saturated heterocycles. The molecule has 0 unspecified atom stereocenters. The van der Waals surface area contributed by atoms with Gasteiger partial charge in [0.25, 0.3) is 0 Å². The van der Waals surface area contributed by atoms with E-state index in [1.807, 2.05) is 24.3 Å². The molecule has 5 nitrogen and oxygen atoms in total. The van der Waals surface area contributed by atoms with Crippen molar-refractivity contribution < 1.29 is 4.42 Å². The van der Waals surface area contributed by atoms with E-state index in [9.17, 15) is 4.79 Å². The van der Waals surface area contributed by atoms with Gasteiger partial charge in [-0.15, -0.1) is 10.2 Å². The molecule has 16 heavy (non-hydrogen) atoms. The third kappa shape index (κ3) is 1.18. The Morgan fingerprint density at radius 2 is 1.94 bits per heavy atom. The average molecular weight is 213 g/mol. The molecule has 78 valence electrons. The maximum atomic E-state index is 11.5. The molecule has 3 rings (SSSR count). The van der Waals surface area contributed by atoms with Crippen LogP contribution in [-0.2, 0) is 0 Å². The zero-order valence-electron chi connectivity index (χ0n) is 8.47. The van der Waals surface area contributed by atoms with Crippen molar-refractivity contribution in [1.82, 2.24) is 15.2 Å². The Morgan fingerprint density at radius 3 is 2.81 bits per heavy atom. The van der Waals surface area contributed by atoms with Crippen molar-refractivity contribution in [2.75, 3.05) is 0 Å². The van der Waals surface area contributed by atoms with Gasteiger partial charge < -0.3 is 4.42 Å². The molecule has 3 aromatic rings. The van der Waals surface area contributed by atoms with Gasteiger partial charge in [-0.3, -0.25) is 0 Å². The third-order valence-electron chi connectivity index (χ3n) is 2.34. The molecule has 0 aliphatic carbocycles. The summed E-state index contributed by atoms with van der Waals surface area (Å²) >= 11 is 0. The van der Waals surface area contributed by atoms with Gasteiger partial charge in [0.2, 0.25) is 0 Å². The van der Waals surface area contributed by atoms with Crippen molar-refractivity contribution in [2.45, 2.75) is 6.92 Å². The van der Waals surface area contributed by atoms with E-state index in [-0.39, 0.29) is 5.52 Å². The Kier molecular flexibility index (Phi) is 1.73. The van der Waals surface area contributed by atoms with Crippen LogP contribution in [0.15, 0.2) is 33.5 Å². The summed E-state index contributed by atoms with van der Waals surface area (Å²) in [6.45, 7) is 1.63. The first-order valence-electron chi connectivity index (χ1n) is 4.78. The van der Waals surface area contributed by atoms with Gasteiger partial charge in [-0.05, 0) is 6.07 Å². The lowest BCUT2D eigenvalue weighted by atomic mass is 10.2. The summed E-state index contributed by atoms with van der Waals surface area (Å²) in [5.41, 5.74) is 0.928. The molecule has 0 saturated carbocycles. The molecular weight excluding hydrogens is 206 g/mol. The molecule has 0 radical (unpaired) electrons. The van der Waals surface area contributed by atoms with E-state index < -0.39 is 5.63 Å². The SMILES string of the molecule is Cc1nc2c(nnc3ccccc32)c(=O)o1. The fourth-order valence-corrected chi connectivity index (χ4v) is 1.65. The van der Waals surface area contributed by atoms with Gasteiger partial charge in [-0.25, -0.2) is 9.78 Å². The standard InChI is InChI=1S/C11H7N3O2/c1-6-12-9-7-4-2-3-5-8(7)13-14-10(9)11(15)16-6/h2-5H,1H3. The summed E-state index contributed by atoms with van der Waals surface area (Å²) in [4.78, 5) is 15.7. The lowest BCUT2D eigenvalue weighted by Crippen LogP contribution is -2.06. The Morgan fingerprint density at radius 1 is 1.12 bits per heavy atom. The van der Waals surface area contributed by atoms with Crippen LogP contribution in [0.5, 0.6) is 0 Å². The summed E-state index contributed by atoms with van der Waals surface area (Å²) in [7, 11) is 0. The van der Waals surface area contributed by atoms with Crippen LogP contribution in [0.4, 0.5) is 0 Å². The van der Waals surface area contributed by atoms with Gasteiger partial charge in [-0.1, -0.05) is 18.2 Å². The molecule has 0 aliphatic heterocycles. The number of rotatable bonds is 0. The Labute approximate surface area is 89.8 Å². The van der Waals surface area contributed by atoms with Gasteiger partial charge in [0.1, 0.15) is 5.52 Å². The number of benzene rings is 1. The van der Waals surface area contributed by atoms with E-state index in [2.05, 4.69) is 15.2 Å². The van der Waals surface area contributed by atoms with Gasteiger partial charge in [0.15, 0.2) is 11.4 Å². The number of aryl methyl sites for hydroxylation is 1. The van der Waals surface area contributed by atoms with Crippen LogP contribution in [0.1, 0.15) is 5.89 Å². The molecule has 0 N–H and O–H groups in total. The van der Waals surface area contributed by atoms with Gasteiger partial charge in [0, 0.05) is 12.3 Å². The lowest BCUT2D eigenvalue weighted by molar-refractivity contribution is 0.465. The smallest absolute Gasteiger partial charge is 0.367 e. The first kappa shape index (κ1) is 8.96. The number of fused-ring (bicyclic) bond motifs is 3. The molecular formula is C11H7N3O2. The van der Waals surface area contributed by atoms with Gasteiger partial charge >= 0.3 is 5.63 Å². The third-order valence-corrected chi connectivity index (χ3v) is 2.34. The van der Waals surface area contributed by atoms with Crippen LogP contribution < -0.4 is 5.63 Å². The summed E-state index contributed by atoms with van der Waals surface area (Å²) < 4.78 is 4.87. The van der Waals surface area contributed by atoms with Crippen LogP contribution in [-0.4, -0.2) is 15.2 Å². The van der Waals surface area contributed by atoms with E-state index >= 15 is 0 Å². The molecule has 0 aliphatic rings. The minimum atomic E-state index is -0.499. The minimum Gasteiger partial charge on any atom is -0.407 e. The van der Waals surface area contributed by atoms with Gasteiger partial charge in [-0.2, -0.15) is 0 Å². The second kappa shape index (κ2) is 3.10. The number of hydrogen-bond acceptors (Lipinski definition) is 5. The molecule has 1 aromatic carbocycles. The molecule has 0 spiro atoms. The summed E-state index contributed by atoms with van der Waals surface area (Å²) in [6, 6.07) is 7.42. The predicted octanol–water partition coefficient (Wildman–Crippen LogP) is 1.44. The molecule has 0 atom stereocenters. The van der Waals surface area contributed by atoms with E-state index in [0.29, 0.717) is 16.9 Å². The molecule has 5 heteroatoms. The Balaban J connectivity index is 2.65. The van der Waals surface area contributed by atoms with Crippen LogP contribution in [0, 0.1) is 6.92 Å². The number of hydrogen-bond donors (Lipinski definition) is 0. The maximum absolute atomic E-state index is 11.5. The zero-order chi connectivity index (χ0) is 11.1. The molecule has 0 amide bonds. The summed E-state index contributed by atoms with van der Waals surface area (Å²) in [6.07, 6.45) is 0. The van der Waals surface area contributed by atoms with Crippen LogP contribution in [0.25, 0.3) is 21.9 Å². The predicted molar refractivity (Wildman–Crippen MR) is 58.1 cm³/mol. The molecule has 2 heterocycles. The van der Waals surface area contributed by atoms with Gasteiger partial charge in [0.05, 0.1) is 5.52 Å². The average Bonchev–Trinajstić information content (AvgIpc) is 2.28. The molecule has 2 aromatic heterocycles. The Hall–Kier alpha value is -2.30.